The van der Waals surface area contributed by atoms with E-state index in [1.54, 1.807) is 24.2 Å². The summed E-state index contributed by atoms with van der Waals surface area (Å²) in [5, 5.41) is 0.778. The molecule has 0 amide bonds. The number of rotatable bonds is 3. The van der Waals surface area contributed by atoms with Crippen LogP contribution in [0.25, 0.3) is 0 Å². The zero-order valence-electron chi connectivity index (χ0n) is 6.95. The van der Waals surface area contributed by atoms with Crippen LogP contribution in [0.1, 0.15) is 6.92 Å². The molecule has 0 aliphatic carbocycles. The Morgan fingerprint density at radius 2 is 2.25 bits per heavy atom. The molecule has 0 radical (unpaired) electrons. The first kappa shape index (κ1) is 9.06. The van der Waals surface area contributed by atoms with E-state index in [0.29, 0.717) is 5.82 Å². The molecule has 0 saturated carbocycles. The van der Waals surface area contributed by atoms with E-state index in [2.05, 4.69) is 16.5 Å². The monoisotopic (exact) mass is 181 g/mol. The van der Waals surface area contributed by atoms with E-state index in [1.807, 2.05) is 6.92 Å². The molecular formula is C8H11N3S. The Hall–Kier alpha value is -1.03. The summed E-state index contributed by atoms with van der Waals surface area (Å²) >= 11 is 1.56. The summed E-state index contributed by atoms with van der Waals surface area (Å²) in [5.41, 5.74) is 6.68. The fraction of sp³-hybridized carbons (Fsp3) is 0.250. The number of thioether (sulfide) groups is 1. The third-order valence-corrected chi connectivity index (χ3v) is 2.37. The molecule has 0 bridgehead atoms. The highest BCUT2D eigenvalue weighted by Gasteiger charge is 2.00. The maximum atomic E-state index is 5.58. The standard InChI is InChI=1S/C8H11N3S/c1-6(2)5-12-8-7(9)10-3-4-11-8/h3-4H,1,5H2,2H3,(H2,9,10). The predicted octanol–water partition coefficient (Wildman–Crippen LogP) is 1.73. The molecular weight excluding hydrogens is 170 g/mol. The zero-order valence-corrected chi connectivity index (χ0v) is 7.77. The molecule has 0 atom stereocenters. The molecule has 1 rings (SSSR count). The second kappa shape index (κ2) is 4.11. The summed E-state index contributed by atoms with van der Waals surface area (Å²) in [7, 11) is 0. The molecule has 4 heteroatoms. The molecule has 0 saturated heterocycles. The van der Waals surface area contributed by atoms with Crippen molar-refractivity contribution in [3.63, 3.8) is 0 Å². The summed E-state index contributed by atoms with van der Waals surface area (Å²) in [4.78, 5) is 8.01. The zero-order chi connectivity index (χ0) is 8.97. The number of aromatic nitrogens is 2. The minimum atomic E-state index is 0.490. The van der Waals surface area contributed by atoms with Crippen molar-refractivity contribution in [2.45, 2.75) is 11.9 Å². The van der Waals surface area contributed by atoms with Gasteiger partial charge in [-0.05, 0) is 6.92 Å². The minimum Gasteiger partial charge on any atom is -0.381 e. The lowest BCUT2D eigenvalue weighted by Crippen LogP contribution is -1.95. The molecule has 1 aromatic heterocycles. The van der Waals surface area contributed by atoms with Crippen LogP contribution in [0.3, 0.4) is 0 Å². The highest BCUT2D eigenvalue weighted by molar-refractivity contribution is 7.99. The number of nitrogens with two attached hydrogens (primary N) is 1. The van der Waals surface area contributed by atoms with Gasteiger partial charge in [-0.1, -0.05) is 23.9 Å². The Morgan fingerprint density at radius 3 is 2.83 bits per heavy atom. The third-order valence-electron chi connectivity index (χ3n) is 1.15. The molecule has 0 spiro atoms. The molecule has 0 unspecified atom stereocenters. The smallest absolute Gasteiger partial charge is 0.156 e. The fourth-order valence-corrected chi connectivity index (χ4v) is 1.36. The minimum absolute atomic E-state index is 0.490. The molecule has 3 nitrogen and oxygen atoms in total. The van der Waals surface area contributed by atoms with Gasteiger partial charge >= 0.3 is 0 Å². The van der Waals surface area contributed by atoms with Crippen molar-refractivity contribution in [1.82, 2.24) is 9.97 Å². The number of nitrogen functional groups attached to an aromatic ring is 1. The first-order valence-corrected chi connectivity index (χ1v) is 4.52. The van der Waals surface area contributed by atoms with Crippen molar-refractivity contribution < 1.29 is 0 Å². The third kappa shape index (κ3) is 2.54. The summed E-state index contributed by atoms with van der Waals surface area (Å²) in [5.74, 6) is 1.33. The first-order chi connectivity index (χ1) is 5.70. The van der Waals surface area contributed by atoms with Crippen LogP contribution >= 0.6 is 11.8 Å². The predicted molar refractivity (Wildman–Crippen MR) is 52.0 cm³/mol. The molecule has 0 aliphatic heterocycles. The average Bonchev–Trinajstić information content (AvgIpc) is 2.03. The number of hydrogen-bond donors (Lipinski definition) is 1. The quantitative estimate of drug-likeness (QED) is 0.570. The van der Waals surface area contributed by atoms with Crippen molar-refractivity contribution >= 4 is 17.6 Å². The van der Waals surface area contributed by atoms with Crippen LogP contribution < -0.4 is 5.73 Å². The van der Waals surface area contributed by atoms with Gasteiger partial charge in [0.15, 0.2) is 5.82 Å². The summed E-state index contributed by atoms with van der Waals surface area (Å²) in [6.45, 7) is 5.76. The van der Waals surface area contributed by atoms with Crippen LogP contribution in [0.15, 0.2) is 29.6 Å². The van der Waals surface area contributed by atoms with Gasteiger partial charge in [-0.3, -0.25) is 0 Å². The van der Waals surface area contributed by atoms with Crippen LogP contribution in [-0.4, -0.2) is 15.7 Å². The molecule has 1 heterocycles. The van der Waals surface area contributed by atoms with Crippen LogP contribution in [-0.2, 0) is 0 Å². The highest BCUT2D eigenvalue weighted by atomic mass is 32.2. The highest BCUT2D eigenvalue weighted by Crippen LogP contribution is 2.20. The first-order valence-electron chi connectivity index (χ1n) is 3.54. The molecule has 0 fully saturated rings. The average molecular weight is 181 g/mol. The molecule has 2 N–H and O–H groups in total. The van der Waals surface area contributed by atoms with Gasteiger partial charge in [-0.25, -0.2) is 9.97 Å². The van der Waals surface area contributed by atoms with Crippen molar-refractivity contribution in [3.05, 3.63) is 24.5 Å². The fourth-order valence-electron chi connectivity index (χ4n) is 0.639. The topological polar surface area (TPSA) is 51.8 Å². The van der Waals surface area contributed by atoms with E-state index in [4.69, 9.17) is 5.73 Å². The van der Waals surface area contributed by atoms with E-state index in [0.717, 1.165) is 16.4 Å². The lowest BCUT2D eigenvalue weighted by atomic mass is 10.4. The van der Waals surface area contributed by atoms with Gasteiger partial charge in [0.25, 0.3) is 0 Å². The normalized spacial score (nSPS) is 9.75. The lowest BCUT2D eigenvalue weighted by Gasteiger charge is -2.01. The maximum Gasteiger partial charge on any atom is 0.156 e. The summed E-state index contributed by atoms with van der Waals surface area (Å²) < 4.78 is 0. The number of nitrogens with zero attached hydrogens (tertiary/aromatic N) is 2. The van der Waals surface area contributed by atoms with E-state index < -0.39 is 0 Å². The van der Waals surface area contributed by atoms with Crippen LogP contribution in [0.2, 0.25) is 0 Å². The Balaban J connectivity index is 2.63. The molecule has 1 aromatic rings. The summed E-state index contributed by atoms with van der Waals surface area (Å²) in [6.07, 6.45) is 3.22. The molecule has 12 heavy (non-hydrogen) atoms. The van der Waals surface area contributed by atoms with Gasteiger partial charge in [0, 0.05) is 18.1 Å². The number of hydrogen-bond acceptors (Lipinski definition) is 4. The van der Waals surface area contributed by atoms with Gasteiger partial charge in [-0.15, -0.1) is 0 Å². The van der Waals surface area contributed by atoms with E-state index in [-0.39, 0.29) is 0 Å². The van der Waals surface area contributed by atoms with Crippen molar-refractivity contribution in [2.75, 3.05) is 11.5 Å². The van der Waals surface area contributed by atoms with E-state index in [9.17, 15) is 0 Å². The van der Waals surface area contributed by atoms with Gasteiger partial charge in [0.2, 0.25) is 0 Å². The van der Waals surface area contributed by atoms with Crippen molar-refractivity contribution in [2.24, 2.45) is 0 Å². The Morgan fingerprint density at radius 1 is 1.58 bits per heavy atom. The van der Waals surface area contributed by atoms with Crippen molar-refractivity contribution in [1.29, 1.82) is 0 Å². The number of anilines is 1. The van der Waals surface area contributed by atoms with Gasteiger partial charge < -0.3 is 5.73 Å². The van der Waals surface area contributed by atoms with Crippen LogP contribution in [0.5, 0.6) is 0 Å². The van der Waals surface area contributed by atoms with Crippen LogP contribution in [0, 0.1) is 0 Å². The van der Waals surface area contributed by atoms with E-state index in [1.165, 1.54) is 0 Å². The lowest BCUT2D eigenvalue weighted by molar-refractivity contribution is 1.07. The van der Waals surface area contributed by atoms with Gasteiger partial charge in [-0.2, -0.15) is 0 Å². The van der Waals surface area contributed by atoms with E-state index >= 15 is 0 Å². The Labute approximate surface area is 76.1 Å². The second-order valence-electron chi connectivity index (χ2n) is 2.49. The van der Waals surface area contributed by atoms with Crippen molar-refractivity contribution in [3.8, 4) is 0 Å². The largest absolute Gasteiger partial charge is 0.381 e. The molecule has 64 valence electrons. The Kier molecular flexibility index (Phi) is 3.10. The Bertz CT molecular complexity index is 285. The van der Waals surface area contributed by atoms with Gasteiger partial charge in [0.05, 0.1) is 0 Å². The molecule has 0 aromatic carbocycles. The second-order valence-corrected chi connectivity index (χ2v) is 3.46. The van der Waals surface area contributed by atoms with Gasteiger partial charge in [0.1, 0.15) is 5.03 Å². The summed E-state index contributed by atoms with van der Waals surface area (Å²) in [6, 6.07) is 0. The SMILES string of the molecule is C=C(C)CSc1nccnc1N. The molecule has 0 aliphatic rings. The van der Waals surface area contributed by atoms with Crippen LogP contribution in [0.4, 0.5) is 5.82 Å². The maximum absolute atomic E-state index is 5.58.